The highest BCUT2D eigenvalue weighted by Gasteiger charge is 2.09. The Labute approximate surface area is 193 Å². The van der Waals surface area contributed by atoms with Crippen molar-refractivity contribution in [2.75, 3.05) is 0 Å². The van der Waals surface area contributed by atoms with E-state index in [2.05, 4.69) is 80.8 Å². The molecular formula is C31H33N. The van der Waals surface area contributed by atoms with Crippen LogP contribution in [0, 0.1) is 6.92 Å². The number of allylic oxidation sites excluding steroid dienone is 8. The fraction of sp³-hybridized carbons (Fsp3) is 0.0968. The lowest BCUT2D eigenvalue weighted by atomic mass is 9.91. The molecule has 3 aromatic carbocycles. The number of fused-ring (bicyclic) bond motifs is 1. The zero-order chi connectivity index (χ0) is 23.3. The molecule has 0 heterocycles. The third kappa shape index (κ3) is 6.09. The van der Waals surface area contributed by atoms with Crippen LogP contribution in [0.15, 0.2) is 116 Å². The van der Waals surface area contributed by atoms with E-state index in [1.54, 1.807) is 12.2 Å². The maximum absolute atomic E-state index is 5.45. The molecule has 0 atom stereocenters. The van der Waals surface area contributed by atoms with Crippen LogP contribution in [0.4, 0.5) is 0 Å². The van der Waals surface area contributed by atoms with Crippen LogP contribution in [0.25, 0.3) is 33.5 Å². The summed E-state index contributed by atoms with van der Waals surface area (Å²) in [5.74, 6) is 0. The summed E-state index contributed by atoms with van der Waals surface area (Å²) in [5.41, 5.74) is 12.2. The van der Waals surface area contributed by atoms with E-state index < -0.39 is 0 Å². The van der Waals surface area contributed by atoms with E-state index in [-0.39, 0.29) is 0 Å². The molecule has 0 aliphatic rings. The molecule has 0 amide bonds. The molecule has 32 heavy (non-hydrogen) atoms. The van der Waals surface area contributed by atoms with Gasteiger partial charge >= 0.3 is 0 Å². The van der Waals surface area contributed by atoms with Crippen molar-refractivity contribution in [2.24, 2.45) is 5.73 Å². The summed E-state index contributed by atoms with van der Waals surface area (Å²) in [4.78, 5) is 0. The highest BCUT2D eigenvalue weighted by molar-refractivity contribution is 5.99. The first kappa shape index (κ1) is 24.4. The largest absolute Gasteiger partial charge is 0.405 e. The Kier molecular flexibility index (Phi) is 9.74. The Morgan fingerprint density at radius 1 is 0.844 bits per heavy atom. The lowest BCUT2D eigenvalue weighted by Gasteiger charge is -2.13. The second-order valence-corrected chi connectivity index (χ2v) is 7.03. The zero-order valence-corrected chi connectivity index (χ0v) is 19.4. The highest BCUT2D eigenvalue weighted by Crippen LogP contribution is 2.33. The molecule has 3 rings (SSSR count). The van der Waals surface area contributed by atoms with Gasteiger partial charge in [0.25, 0.3) is 0 Å². The predicted octanol–water partition coefficient (Wildman–Crippen LogP) is 8.64. The van der Waals surface area contributed by atoms with Gasteiger partial charge in [0.05, 0.1) is 0 Å². The minimum absolute atomic E-state index is 0.929. The topological polar surface area (TPSA) is 26.0 Å². The lowest BCUT2D eigenvalue weighted by molar-refractivity contribution is 1.50. The molecule has 0 saturated carbocycles. The third-order valence-corrected chi connectivity index (χ3v) is 5.01. The predicted molar refractivity (Wildman–Crippen MR) is 145 cm³/mol. The van der Waals surface area contributed by atoms with Gasteiger partial charge in [0.15, 0.2) is 0 Å². The maximum Gasteiger partial charge on any atom is -0.00624 e. The summed E-state index contributed by atoms with van der Waals surface area (Å²) >= 11 is 0. The molecule has 0 aromatic heterocycles. The molecule has 0 aliphatic carbocycles. The molecule has 0 radical (unpaired) electrons. The lowest BCUT2D eigenvalue weighted by Crippen LogP contribution is -1.90. The molecule has 2 N–H and O–H groups in total. The molecule has 0 aliphatic heterocycles. The first-order chi connectivity index (χ1) is 15.7. The van der Waals surface area contributed by atoms with Gasteiger partial charge in [0.2, 0.25) is 0 Å². The summed E-state index contributed by atoms with van der Waals surface area (Å²) in [6.45, 7) is 14.1. The number of rotatable bonds is 7. The van der Waals surface area contributed by atoms with Gasteiger partial charge in [-0.05, 0) is 69.4 Å². The molecule has 0 spiro atoms. The van der Waals surface area contributed by atoms with E-state index in [1.807, 2.05) is 44.2 Å². The number of aryl methyl sites for hydroxylation is 1. The minimum atomic E-state index is 0.929. The normalized spacial score (nSPS) is 11.5. The molecule has 0 fully saturated rings. The van der Waals surface area contributed by atoms with Crippen molar-refractivity contribution in [1.29, 1.82) is 0 Å². The van der Waals surface area contributed by atoms with E-state index in [0.29, 0.717) is 0 Å². The van der Waals surface area contributed by atoms with E-state index in [9.17, 15) is 0 Å². The van der Waals surface area contributed by atoms with Gasteiger partial charge in [-0.25, -0.2) is 0 Å². The Morgan fingerprint density at radius 2 is 1.59 bits per heavy atom. The summed E-state index contributed by atoms with van der Waals surface area (Å²) in [6, 6.07) is 19.5. The molecule has 1 heteroatoms. The molecule has 0 saturated heterocycles. The van der Waals surface area contributed by atoms with Crippen LogP contribution >= 0.6 is 0 Å². The quantitative estimate of drug-likeness (QED) is 0.381. The minimum Gasteiger partial charge on any atom is -0.405 e. The van der Waals surface area contributed by atoms with Crippen molar-refractivity contribution in [1.82, 2.24) is 0 Å². The Bertz CT molecular complexity index is 1190. The van der Waals surface area contributed by atoms with Crippen molar-refractivity contribution in [2.45, 2.75) is 20.8 Å². The maximum atomic E-state index is 5.45. The van der Waals surface area contributed by atoms with E-state index >= 15 is 0 Å². The first-order valence-corrected chi connectivity index (χ1v) is 11.0. The van der Waals surface area contributed by atoms with Gasteiger partial charge in [0.1, 0.15) is 0 Å². The summed E-state index contributed by atoms with van der Waals surface area (Å²) in [5, 5.41) is 2.54. The first-order valence-electron chi connectivity index (χ1n) is 11.0. The number of benzene rings is 3. The fourth-order valence-electron chi connectivity index (χ4n) is 3.48. The van der Waals surface area contributed by atoms with E-state index in [1.165, 1.54) is 33.7 Å². The van der Waals surface area contributed by atoms with Crippen LogP contribution in [0.5, 0.6) is 0 Å². The summed E-state index contributed by atoms with van der Waals surface area (Å²) < 4.78 is 0. The van der Waals surface area contributed by atoms with E-state index in [0.717, 1.165) is 16.7 Å². The van der Waals surface area contributed by atoms with Crippen LogP contribution in [-0.2, 0) is 0 Å². The Balaban J connectivity index is 0.00000176. The van der Waals surface area contributed by atoms with Gasteiger partial charge in [-0.15, -0.1) is 0 Å². The van der Waals surface area contributed by atoms with E-state index in [4.69, 9.17) is 5.73 Å². The molecule has 0 bridgehead atoms. The third-order valence-electron chi connectivity index (χ3n) is 5.01. The summed E-state index contributed by atoms with van der Waals surface area (Å²) in [6.07, 6.45) is 16.9. The van der Waals surface area contributed by atoms with Crippen LogP contribution in [0.1, 0.15) is 30.5 Å². The Morgan fingerprint density at radius 3 is 2.31 bits per heavy atom. The highest BCUT2D eigenvalue weighted by atomic mass is 14.5. The molecular weight excluding hydrogens is 386 g/mol. The molecule has 1 nitrogen and oxygen atoms in total. The van der Waals surface area contributed by atoms with Crippen molar-refractivity contribution >= 4 is 22.4 Å². The van der Waals surface area contributed by atoms with Crippen molar-refractivity contribution in [3.05, 3.63) is 133 Å². The van der Waals surface area contributed by atoms with Gasteiger partial charge in [0, 0.05) is 0 Å². The average Bonchev–Trinajstić information content (AvgIpc) is 2.84. The van der Waals surface area contributed by atoms with Crippen molar-refractivity contribution in [3.63, 3.8) is 0 Å². The van der Waals surface area contributed by atoms with Crippen LogP contribution in [-0.4, -0.2) is 0 Å². The van der Waals surface area contributed by atoms with Gasteiger partial charge in [-0.1, -0.05) is 118 Å². The number of hydrogen-bond acceptors (Lipinski definition) is 1. The fourth-order valence-corrected chi connectivity index (χ4v) is 3.48. The Hall–Kier alpha value is -3.84. The van der Waals surface area contributed by atoms with Crippen molar-refractivity contribution < 1.29 is 0 Å². The van der Waals surface area contributed by atoms with Crippen LogP contribution in [0.2, 0.25) is 0 Å². The summed E-state index contributed by atoms with van der Waals surface area (Å²) in [7, 11) is 0. The van der Waals surface area contributed by atoms with Crippen LogP contribution in [0.3, 0.4) is 0 Å². The molecule has 3 aromatic rings. The monoisotopic (exact) mass is 419 g/mol. The number of hydrogen-bond donors (Lipinski definition) is 1. The van der Waals surface area contributed by atoms with Gasteiger partial charge < -0.3 is 5.73 Å². The van der Waals surface area contributed by atoms with Crippen LogP contribution < -0.4 is 5.73 Å². The number of nitrogens with two attached hydrogens (primary N) is 1. The molecule has 0 unspecified atom stereocenters. The smallest absolute Gasteiger partial charge is 0.00624 e. The SMILES string of the molecule is C=C/C=C\C=C/c1ccc(-c2ccc(C)c3ccccc23)cc1C(=C)/C=C\C=C/N.CC. The standard InChI is InChI=1S/C29H27N.C2H6/c1-4-5-6-7-13-24-17-18-25(21-29(24)22(2)12-10-11-20-30)27-19-16-23(3)26-14-8-9-15-28(26)27;1-2/h4-21H,1-2,30H2,3H3;1-2H3/b6-5-,12-10-,13-7-,20-11-;. The molecule has 162 valence electrons. The second kappa shape index (κ2) is 12.8. The van der Waals surface area contributed by atoms with Crippen molar-refractivity contribution in [3.8, 4) is 11.1 Å². The second-order valence-electron chi connectivity index (χ2n) is 7.03. The zero-order valence-electron chi connectivity index (χ0n) is 19.4. The average molecular weight is 420 g/mol. The van der Waals surface area contributed by atoms with Gasteiger partial charge in [-0.3, -0.25) is 0 Å². The van der Waals surface area contributed by atoms with Gasteiger partial charge in [-0.2, -0.15) is 0 Å².